The smallest absolute Gasteiger partial charge is 0.224 e. The number of hydrogen-bond donors (Lipinski definition) is 2. The van der Waals surface area contributed by atoms with Gasteiger partial charge in [-0.3, -0.25) is 0 Å². The van der Waals surface area contributed by atoms with Crippen LogP contribution in [0.4, 0.5) is 11.8 Å². The molecule has 1 aromatic carbocycles. The summed E-state index contributed by atoms with van der Waals surface area (Å²) in [5, 5.41) is 0.618. The highest BCUT2D eigenvalue weighted by molar-refractivity contribution is 6.30. The Bertz CT molecular complexity index is 1130. The van der Waals surface area contributed by atoms with Crippen LogP contribution in [0.5, 0.6) is 0 Å². The summed E-state index contributed by atoms with van der Waals surface area (Å²) in [5.41, 5.74) is 14.2. The molecule has 8 nitrogen and oxygen atoms in total. The lowest BCUT2D eigenvalue weighted by molar-refractivity contribution is 1.10. The van der Waals surface area contributed by atoms with Crippen LogP contribution < -0.4 is 11.5 Å². The molecule has 0 saturated heterocycles. The van der Waals surface area contributed by atoms with Gasteiger partial charge in [-0.25, -0.2) is 15.0 Å². The van der Waals surface area contributed by atoms with Gasteiger partial charge in [0.2, 0.25) is 5.95 Å². The zero-order valence-electron chi connectivity index (χ0n) is 13.5. The van der Waals surface area contributed by atoms with Crippen LogP contribution >= 0.6 is 11.6 Å². The monoisotopic (exact) mass is 364 g/mol. The van der Waals surface area contributed by atoms with Crippen LogP contribution in [0.15, 0.2) is 43.2 Å². The lowest BCUT2D eigenvalue weighted by Crippen LogP contribution is -2.06. The van der Waals surface area contributed by atoms with Crippen molar-refractivity contribution in [3.05, 3.63) is 48.3 Å². The molecular weight excluding hydrogens is 352 g/mol. The van der Waals surface area contributed by atoms with Crippen molar-refractivity contribution in [2.45, 2.75) is 0 Å². The van der Waals surface area contributed by atoms with Gasteiger partial charge in [-0.2, -0.15) is 9.97 Å². The van der Waals surface area contributed by atoms with E-state index in [1.807, 2.05) is 12.1 Å². The summed E-state index contributed by atoms with van der Waals surface area (Å²) in [5.74, 6) is 0.755. The molecule has 3 aromatic heterocycles. The molecule has 26 heavy (non-hydrogen) atoms. The predicted octanol–water partition coefficient (Wildman–Crippen LogP) is 2.87. The average Bonchev–Trinajstić information content (AvgIpc) is 3.10. The summed E-state index contributed by atoms with van der Waals surface area (Å²) in [6, 6.07) is 7.24. The van der Waals surface area contributed by atoms with E-state index in [4.69, 9.17) is 23.1 Å². The number of anilines is 2. The molecule has 0 bridgehead atoms. The van der Waals surface area contributed by atoms with E-state index >= 15 is 0 Å². The minimum atomic E-state index is 0.0292. The fourth-order valence-electron chi connectivity index (χ4n) is 2.59. The van der Waals surface area contributed by atoms with Crippen LogP contribution in [0.2, 0.25) is 5.02 Å². The number of benzene rings is 1. The van der Waals surface area contributed by atoms with E-state index in [9.17, 15) is 0 Å². The molecule has 4 rings (SSSR count). The molecule has 0 saturated carbocycles. The van der Waals surface area contributed by atoms with E-state index in [2.05, 4.69) is 31.5 Å². The number of nitrogens with two attached hydrogens (primary N) is 2. The normalized spacial score (nSPS) is 11.0. The van der Waals surface area contributed by atoms with E-state index in [0.29, 0.717) is 33.4 Å². The molecule has 0 aliphatic rings. The summed E-state index contributed by atoms with van der Waals surface area (Å²) in [6.45, 7) is 3.79. The molecule has 0 spiro atoms. The van der Waals surface area contributed by atoms with Gasteiger partial charge in [0.25, 0.3) is 0 Å². The maximum atomic E-state index is 6.00. The van der Waals surface area contributed by atoms with Crippen molar-refractivity contribution in [3.8, 4) is 22.8 Å². The number of rotatable bonds is 3. The van der Waals surface area contributed by atoms with Gasteiger partial charge in [-0.05, 0) is 12.1 Å². The van der Waals surface area contributed by atoms with Gasteiger partial charge < -0.3 is 16.0 Å². The van der Waals surface area contributed by atoms with Crippen LogP contribution in [0, 0.1) is 0 Å². The minimum absolute atomic E-state index is 0.0292. The topological polar surface area (TPSA) is 121 Å². The Morgan fingerprint density at radius 1 is 1.00 bits per heavy atom. The molecule has 0 aliphatic carbocycles. The Morgan fingerprint density at radius 3 is 2.50 bits per heavy atom. The molecule has 4 aromatic rings. The van der Waals surface area contributed by atoms with E-state index in [0.717, 1.165) is 5.56 Å². The number of aromatic nitrogens is 6. The van der Waals surface area contributed by atoms with Gasteiger partial charge in [-0.1, -0.05) is 30.3 Å². The largest absolute Gasteiger partial charge is 0.382 e. The van der Waals surface area contributed by atoms with Crippen molar-refractivity contribution in [2.75, 3.05) is 11.5 Å². The molecule has 4 N–H and O–H groups in total. The van der Waals surface area contributed by atoms with E-state index in [1.165, 1.54) is 0 Å². The lowest BCUT2D eigenvalue weighted by atomic mass is 10.1. The van der Waals surface area contributed by atoms with Crippen molar-refractivity contribution in [1.82, 2.24) is 29.5 Å². The second-order valence-electron chi connectivity index (χ2n) is 5.41. The van der Waals surface area contributed by atoms with Crippen molar-refractivity contribution in [2.24, 2.45) is 0 Å². The zero-order valence-corrected chi connectivity index (χ0v) is 14.2. The van der Waals surface area contributed by atoms with Crippen LogP contribution in [-0.4, -0.2) is 29.5 Å². The quantitative estimate of drug-likeness (QED) is 0.573. The summed E-state index contributed by atoms with van der Waals surface area (Å²) in [7, 11) is 0. The Kier molecular flexibility index (Phi) is 3.74. The Balaban J connectivity index is 2.08. The second-order valence-corrected chi connectivity index (χ2v) is 5.84. The van der Waals surface area contributed by atoms with Gasteiger partial charge in [0, 0.05) is 29.2 Å². The molecule has 128 valence electrons. The first kappa shape index (κ1) is 16.0. The van der Waals surface area contributed by atoms with E-state index < -0.39 is 0 Å². The van der Waals surface area contributed by atoms with Crippen LogP contribution in [-0.2, 0) is 0 Å². The van der Waals surface area contributed by atoms with Crippen molar-refractivity contribution in [3.63, 3.8) is 0 Å². The fraction of sp³-hybridized carbons (Fsp3) is 0. The Hall–Kier alpha value is -3.52. The highest BCUT2D eigenvalue weighted by Gasteiger charge is 2.19. The average molecular weight is 365 g/mol. The zero-order chi connectivity index (χ0) is 18.3. The molecule has 0 atom stereocenters. The van der Waals surface area contributed by atoms with Crippen molar-refractivity contribution in [1.29, 1.82) is 0 Å². The van der Waals surface area contributed by atoms with Gasteiger partial charge in [-0.15, -0.1) is 0 Å². The summed E-state index contributed by atoms with van der Waals surface area (Å²) >= 11 is 6.00. The maximum Gasteiger partial charge on any atom is 0.224 e. The van der Waals surface area contributed by atoms with Crippen molar-refractivity contribution >= 4 is 40.7 Å². The summed E-state index contributed by atoms with van der Waals surface area (Å²) < 4.78 is 1.74. The molecular formula is C17H13ClN8. The maximum absolute atomic E-state index is 6.00. The third kappa shape index (κ3) is 2.62. The number of nitrogen functional groups attached to an aromatic ring is 2. The number of imidazole rings is 1. The third-order valence-corrected chi connectivity index (χ3v) is 4.02. The summed E-state index contributed by atoms with van der Waals surface area (Å²) in [4.78, 5) is 21.7. The highest BCUT2D eigenvalue weighted by atomic mass is 35.5. The SMILES string of the molecule is C=Cn1ccnc1-c1nc2nc(N)nc(N)c2nc1-c1ccc(Cl)cc1. The molecule has 3 heterocycles. The molecule has 0 radical (unpaired) electrons. The minimum Gasteiger partial charge on any atom is -0.382 e. The van der Waals surface area contributed by atoms with Gasteiger partial charge in [0.1, 0.15) is 11.4 Å². The standard InChI is InChI=1S/C17H13ClN8/c1-2-26-8-7-21-16(26)12-11(9-3-5-10(18)6-4-9)22-13-14(19)24-17(20)25-15(13)23-12/h2-8H,1H2,(H4,19,20,23,24,25). The first-order chi connectivity index (χ1) is 12.6. The number of halogens is 1. The first-order valence-electron chi connectivity index (χ1n) is 7.59. The number of hydrogen-bond acceptors (Lipinski definition) is 7. The highest BCUT2D eigenvalue weighted by Crippen LogP contribution is 2.31. The second kappa shape index (κ2) is 6.08. The van der Waals surface area contributed by atoms with E-state index in [-0.39, 0.29) is 11.8 Å². The van der Waals surface area contributed by atoms with E-state index in [1.54, 1.807) is 35.3 Å². The molecule has 0 fully saturated rings. The van der Waals surface area contributed by atoms with Crippen molar-refractivity contribution < 1.29 is 0 Å². The first-order valence-corrected chi connectivity index (χ1v) is 7.97. The Labute approximate surface area is 153 Å². The molecule has 9 heteroatoms. The van der Waals surface area contributed by atoms with Crippen LogP contribution in [0.25, 0.3) is 40.1 Å². The van der Waals surface area contributed by atoms with Crippen LogP contribution in [0.3, 0.4) is 0 Å². The number of nitrogens with zero attached hydrogens (tertiary/aromatic N) is 6. The lowest BCUT2D eigenvalue weighted by Gasteiger charge is -2.11. The molecule has 0 aliphatic heterocycles. The fourth-order valence-corrected chi connectivity index (χ4v) is 2.72. The Morgan fingerprint density at radius 2 is 1.77 bits per heavy atom. The van der Waals surface area contributed by atoms with Gasteiger partial charge >= 0.3 is 0 Å². The van der Waals surface area contributed by atoms with Gasteiger partial charge in [0.15, 0.2) is 22.8 Å². The van der Waals surface area contributed by atoms with Gasteiger partial charge in [0.05, 0.1) is 0 Å². The molecule has 0 amide bonds. The molecule has 0 unspecified atom stereocenters. The predicted molar refractivity (Wildman–Crippen MR) is 102 cm³/mol. The van der Waals surface area contributed by atoms with Crippen LogP contribution in [0.1, 0.15) is 0 Å². The number of fused-ring (bicyclic) bond motifs is 1. The third-order valence-electron chi connectivity index (χ3n) is 3.77. The summed E-state index contributed by atoms with van der Waals surface area (Å²) in [6.07, 6.45) is 5.04.